The molecule has 1 aromatic rings. The van der Waals surface area contributed by atoms with Gasteiger partial charge in [0.1, 0.15) is 11.9 Å². The van der Waals surface area contributed by atoms with Gasteiger partial charge in [-0.15, -0.1) is 0 Å². The van der Waals surface area contributed by atoms with Crippen LogP contribution in [0.15, 0.2) is 6.33 Å². The third-order valence-corrected chi connectivity index (χ3v) is 3.11. The minimum atomic E-state index is -0.492. The molecule has 2 amide bonds. The van der Waals surface area contributed by atoms with E-state index in [0.717, 1.165) is 0 Å². The second-order valence-corrected chi connectivity index (χ2v) is 6.05. The van der Waals surface area contributed by atoms with E-state index in [9.17, 15) is 9.59 Å². The van der Waals surface area contributed by atoms with Gasteiger partial charge in [0.05, 0.1) is 0 Å². The molecule has 0 bridgehead atoms. The number of nitrogens with one attached hydrogen (secondary N) is 2. The number of likely N-dealkylation sites (tertiary alicyclic amines) is 1. The first kappa shape index (κ1) is 15.3. The number of hydrogen-bond donors (Lipinski definition) is 2. The molecule has 2 rings (SSSR count). The zero-order valence-corrected chi connectivity index (χ0v) is 12.5. The molecule has 1 saturated heterocycles. The van der Waals surface area contributed by atoms with Crippen LogP contribution in [0.25, 0.3) is 0 Å². The maximum Gasteiger partial charge on any atom is 0.410 e. The predicted molar refractivity (Wildman–Crippen MR) is 74.7 cm³/mol. The van der Waals surface area contributed by atoms with Gasteiger partial charge in [-0.1, -0.05) is 0 Å². The summed E-state index contributed by atoms with van der Waals surface area (Å²) in [6, 6.07) is 0.0290. The van der Waals surface area contributed by atoms with Crippen molar-refractivity contribution < 1.29 is 14.3 Å². The van der Waals surface area contributed by atoms with Gasteiger partial charge in [0, 0.05) is 19.1 Å². The van der Waals surface area contributed by atoms with Crippen molar-refractivity contribution in [3.63, 3.8) is 0 Å². The predicted octanol–water partition coefficient (Wildman–Crippen LogP) is 0.934. The molecule has 0 unspecified atom stereocenters. The van der Waals surface area contributed by atoms with E-state index < -0.39 is 5.60 Å². The van der Waals surface area contributed by atoms with Gasteiger partial charge in [-0.3, -0.25) is 9.89 Å². The Morgan fingerprint density at radius 3 is 2.57 bits per heavy atom. The second-order valence-electron chi connectivity index (χ2n) is 6.05. The number of ether oxygens (including phenoxy) is 1. The number of H-pyrrole nitrogens is 1. The average Bonchev–Trinajstić information content (AvgIpc) is 2.91. The molecule has 2 heterocycles. The Kier molecular flexibility index (Phi) is 4.44. The molecule has 116 valence electrons. The molecular weight excluding hydrogens is 274 g/mol. The Hall–Kier alpha value is -2.12. The van der Waals surface area contributed by atoms with Crippen LogP contribution in [-0.4, -0.2) is 56.8 Å². The Bertz CT molecular complexity index is 486. The van der Waals surface area contributed by atoms with Gasteiger partial charge >= 0.3 is 6.09 Å². The van der Waals surface area contributed by atoms with E-state index in [1.165, 1.54) is 6.33 Å². The average molecular weight is 295 g/mol. The minimum absolute atomic E-state index is 0.0290. The number of nitrogens with zero attached hydrogens (tertiary/aromatic N) is 3. The second kappa shape index (κ2) is 6.11. The smallest absolute Gasteiger partial charge is 0.410 e. The molecule has 21 heavy (non-hydrogen) atoms. The monoisotopic (exact) mass is 295 g/mol. The number of carbonyl (C=O) groups is 2. The van der Waals surface area contributed by atoms with Gasteiger partial charge in [-0.25, -0.2) is 9.78 Å². The number of aromatic amines is 1. The molecule has 1 aromatic heterocycles. The Morgan fingerprint density at radius 2 is 2.05 bits per heavy atom. The van der Waals surface area contributed by atoms with Crippen LogP contribution in [0.5, 0.6) is 0 Å². The van der Waals surface area contributed by atoms with E-state index in [1.807, 2.05) is 20.8 Å². The van der Waals surface area contributed by atoms with Crippen LogP contribution in [0.3, 0.4) is 0 Å². The summed E-state index contributed by atoms with van der Waals surface area (Å²) < 4.78 is 5.33. The summed E-state index contributed by atoms with van der Waals surface area (Å²) in [6.07, 6.45) is 2.38. The zero-order valence-electron chi connectivity index (χ0n) is 12.5. The number of rotatable bonds is 2. The van der Waals surface area contributed by atoms with E-state index in [2.05, 4.69) is 20.5 Å². The molecule has 1 aliphatic heterocycles. The lowest BCUT2D eigenvalue weighted by Crippen LogP contribution is -2.47. The zero-order chi connectivity index (χ0) is 15.5. The summed E-state index contributed by atoms with van der Waals surface area (Å²) in [6.45, 7) is 6.66. The van der Waals surface area contributed by atoms with E-state index in [-0.39, 0.29) is 23.9 Å². The SMILES string of the molecule is CC(C)(C)OC(=O)N1CCC(NC(=O)c2ncn[nH]2)CC1. The third kappa shape index (κ3) is 4.44. The normalized spacial score (nSPS) is 16.6. The molecule has 8 heteroatoms. The highest BCUT2D eigenvalue weighted by atomic mass is 16.6. The highest BCUT2D eigenvalue weighted by molar-refractivity contribution is 5.90. The Balaban J connectivity index is 1.78. The van der Waals surface area contributed by atoms with Gasteiger partial charge in [-0.2, -0.15) is 5.10 Å². The maximum atomic E-state index is 11.9. The maximum absolute atomic E-state index is 11.9. The molecule has 8 nitrogen and oxygen atoms in total. The van der Waals surface area contributed by atoms with E-state index in [0.29, 0.717) is 25.9 Å². The molecule has 0 atom stereocenters. The summed E-state index contributed by atoms with van der Waals surface area (Å²) in [5, 5.41) is 9.04. The van der Waals surface area contributed by atoms with Crippen molar-refractivity contribution in [3.05, 3.63) is 12.2 Å². The first-order chi connectivity index (χ1) is 9.85. The Labute approximate surface area is 123 Å². The van der Waals surface area contributed by atoms with Crippen LogP contribution in [0.2, 0.25) is 0 Å². The van der Waals surface area contributed by atoms with Crippen LogP contribution < -0.4 is 5.32 Å². The minimum Gasteiger partial charge on any atom is -0.444 e. The van der Waals surface area contributed by atoms with E-state index in [4.69, 9.17) is 4.74 Å². The molecule has 2 N–H and O–H groups in total. The van der Waals surface area contributed by atoms with Crippen molar-refractivity contribution in [1.29, 1.82) is 0 Å². The van der Waals surface area contributed by atoms with Crippen LogP contribution in [0.1, 0.15) is 44.2 Å². The summed E-state index contributed by atoms with van der Waals surface area (Å²) in [5.74, 6) is -0.0761. The fourth-order valence-electron chi connectivity index (χ4n) is 2.10. The van der Waals surface area contributed by atoms with Crippen molar-refractivity contribution in [1.82, 2.24) is 25.4 Å². The van der Waals surface area contributed by atoms with Gasteiger partial charge in [0.25, 0.3) is 5.91 Å². The van der Waals surface area contributed by atoms with Gasteiger partial charge in [0.2, 0.25) is 5.82 Å². The van der Waals surface area contributed by atoms with Gasteiger partial charge in [0.15, 0.2) is 0 Å². The fraction of sp³-hybridized carbons (Fsp3) is 0.692. The molecule has 0 aliphatic carbocycles. The molecule has 0 aromatic carbocycles. The third-order valence-electron chi connectivity index (χ3n) is 3.11. The molecular formula is C13H21N5O3. The van der Waals surface area contributed by atoms with Crippen molar-refractivity contribution in [2.24, 2.45) is 0 Å². The molecule has 0 radical (unpaired) electrons. The standard InChI is InChI=1S/C13H21N5O3/c1-13(2,3)21-12(20)18-6-4-9(5-7-18)16-11(19)10-14-8-15-17-10/h8-9H,4-7H2,1-3H3,(H,16,19)(H,14,15,17). The summed E-state index contributed by atoms with van der Waals surface area (Å²) in [7, 11) is 0. The van der Waals surface area contributed by atoms with Crippen molar-refractivity contribution >= 4 is 12.0 Å². The quantitative estimate of drug-likeness (QED) is 0.845. The lowest BCUT2D eigenvalue weighted by atomic mass is 10.1. The topological polar surface area (TPSA) is 100 Å². The number of aromatic nitrogens is 3. The lowest BCUT2D eigenvalue weighted by molar-refractivity contribution is 0.0199. The first-order valence-corrected chi connectivity index (χ1v) is 6.99. The lowest BCUT2D eigenvalue weighted by Gasteiger charge is -2.33. The molecule has 1 fully saturated rings. The van der Waals surface area contributed by atoms with Crippen molar-refractivity contribution in [2.75, 3.05) is 13.1 Å². The van der Waals surface area contributed by atoms with E-state index >= 15 is 0 Å². The number of hydrogen-bond acceptors (Lipinski definition) is 5. The highest BCUT2D eigenvalue weighted by Crippen LogP contribution is 2.15. The van der Waals surface area contributed by atoms with Crippen LogP contribution in [-0.2, 0) is 4.74 Å². The number of carbonyl (C=O) groups excluding carboxylic acids is 2. The summed E-state index contributed by atoms with van der Waals surface area (Å²) in [4.78, 5) is 29.2. The van der Waals surface area contributed by atoms with Crippen LogP contribution in [0, 0.1) is 0 Å². The number of amides is 2. The van der Waals surface area contributed by atoms with Gasteiger partial charge in [-0.05, 0) is 33.6 Å². The Morgan fingerprint density at radius 1 is 1.38 bits per heavy atom. The van der Waals surface area contributed by atoms with Crippen LogP contribution in [0.4, 0.5) is 4.79 Å². The molecule has 0 saturated carbocycles. The first-order valence-electron chi connectivity index (χ1n) is 6.99. The molecule has 0 spiro atoms. The summed E-state index contributed by atoms with van der Waals surface area (Å²) >= 11 is 0. The van der Waals surface area contributed by atoms with E-state index in [1.54, 1.807) is 4.90 Å². The summed E-state index contributed by atoms with van der Waals surface area (Å²) in [5.41, 5.74) is -0.492. The molecule has 1 aliphatic rings. The van der Waals surface area contributed by atoms with Crippen molar-refractivity contribution in [2.45, 2.75) is 45.3 Å². The number of piperidine rings is 1. The van der Waals surface area contributed by atoms with Gasteiger partial charge < -0.3 is 15.0 Å². The van der Waals surface area contributed by atoms with Crippen molar-refractivity contribution in [3.8, 4) is 0 Å². The fourth-order valence-corrected chi connectivity index (χ4v) is 2.10. The largest absolute Gasteiger partial charge is 0.444 e. The highest BCUT2D eigenvalue weighted by Gasteiger charge is 2.27. The van der Waals surface area contributed by atoms with Crippen LogP contribution >= 0.6 is 0 Å².